The average molecular weight is 719 g/mol. The van der Waals surface area contributed by atoms with Crippen LogP contribution < -0.4 is 0 Å². The summed E-state index contributed by atoms with van der Waals surface area (Å²) < 4.78 is 46.7. The summed E-state index contributed by atoms with van der Waals surface area (Å²) in [5.74, 6) is -1.88. The quantitative estimate of drug-likeness (QED) is 0.259. The standard InChI is InChI=1S/C16H24O4.C16H24O3.C9H18O3/c1-14(2)19-15(3,11-17)16(4,20-14)12-18-10-13-8-6-5-7-9-13;1-14(2)16(5,19-15(3,4)18-14)12-17-11-13-9-7-6-8-10-13;1-7(2)9(5,6-10)12-8(3,4)11-7/h5-9,17H,10-12H2,1-4H3;6-10H,11-12H2,1-5H3;10H,6H2,1-5H3. The SMILES string of the molecule is CC1(C)OC(C)(C)C(C)(CO)O1.CC1(C)OC(C)(C)C(C)(COCc2ccccc2)O1.CC1(C)OC(C)(CO)C(C)(COCc2ccccc2)O1. The van der Waals surface area contributed by atoms with E-state index in [2.05, 4.69) is 12.1 Å². The van der Waals surface area contributed by atoms with Crippen LogP contribution in [0.1, 0.15) is 108 Å². The van der Waals surface area contributed by atoms with Crippen LogP contribution in [0.3, 0.4) is 0 Å². The minimum absolute atomic E-state index is 0.0244. The third kappa shape index (κ3) is 10.8. The van der Waals surface area contributed by atoms with Crippen LogP contribution in [0.25, 0.3) is 0 Å². The summed E-state index contributed by atoms with van der Waals surface area (Å²) in [5, 5.41) is 18.8. The Hall–Kier alpha value is -1.96. The molecule has 5 rings (SSSR count). The van der Waals surface area contributed by atoms with E-state index < -0.39 is 45.4 Å². The van der Waals surface area contributed by atoms with Gasteiger partial charge in [0, 0.05) is 0 Å². The van der Waals surface area contributed by atoms with Crippen molar-refractivity contribution in [2.75, 3.05) is 26.4 Å². The van der Waals surface area contributed by atoms with Gasteiger partial charge >= 0.3 is 0 Å². The number of rotatable bonds is 10. The highest BCUT2D eigenvalue weighted by molar-refractivity contribution is 5.14. The molecule has 0 radical (unpaired) electrons. The first-order chi connectivity index (χ1) is 23.3. The van der Waals surface area contributed by atoms with Crippen molar-refractivity contribution in [1.29, 1.82) is 0 Å². The van der Waals surface area contributed by atoms with E-state index in [-0.39, 0.29) is 18.8 Å². The third-order valence-corrected chi connectivity index (χ3v) is 10.1. The monoisotopic (exact) mass is 718 g/mol. The van der Waals surface area contributed by atoms with E-state index in [0.29, 0.717) is 26.4 Å². The Labute approximate surface area is 307 Å². The zero-order chi connectivity index (χ0) is 38.6. The Bertz CT molecular complexity index is 1380. The molecule has 0 amide bonds. The highest BCUT2D eigenvalue weighted by Gasteiger charge is 2.59. The van der Waals surface area contributed by atoms with Gasteiger partial charge in [-0.05, 0) is 108 Å². The molecule has 10 heteroatoms. The van der Waals surface area contributed by atoms with Gasteiger partial charge in [-0.3, -0.25) is 0 Å². The Balaban J connectivity index is 0.000000213. The lowest BCUT2D eigenvalue weighted by molar-refractivity contribution is -0.175. The fraction of sp³-hybridized carbons (Fsp3) is 0.707. The Morgan fingerprint density at radius 3 is 1.06 bits per heavy atom. The largest absolute Gasteiger partial charge is 0.393 e. The molecule has 51 heavy (non-hydrogen) atoms. The van der Waals surface area contributed by atoms with Crippen molar-refractivity contribution < 1.29 is 48.1 Å². The summed E-state index contributed by atoms with van der Waals surface area (Å²) in [4.78, 5) is 0. The van der Waals surface area contributed by atoms with E-state index in [1.165, 1.54) is 5.56 Å². The molecule has 3 aliphatic heterocycles. The van der Waals surface area contributed by atoms with Crippen molar-refractivity contribution in [3.05, 3.63) is 71.8 Å². The van der Waals surface area contributed by atoms with E-state index in [1.807, 2.05) is 145 Å². The van der Waals surface area contributed by atoms with Crippen molar-refractivity contribution in [1.82, 2.24) is 0 Å². The molecule has 10 nitrogen and oxygen atoms in total. The molecule has 0 saturated carbocycles. The van der Waals surface area contributed by atoms with Crippen LogP contribution in [0.15, 0.2) is 60.7 Å². The van der Waals surface area contributed by atoms with Crippen LogP contribution >= 0.6 is 0 Å². The lowest BCUT2D eigenvalue weighted by atomic mass is 9.87. The average Bonchev–Trinajstić information content (AvgIpc) is 3.39. The van der Waals surface area contributed by atoms with Crippen LogP contribution in [0.5, 0.6) is 0 Å². The molecule has 3 aliphatic rings. The van der Waals surface area contributed by atoms with Gasteiger partial charge in [0.15, 0.2) is 17.4 Å². The second-order valence-corrected chi connectivity index (χ2v) is 17.0. The Kier molecular flexibility index (Phi) is 13.5. The van der Waals surface area contributed by atoms with Crippen molar-refractivity contribution >= 4 is 0 Å². The van der Waals surface area contributed by atoms with Gasteiger partial charge in [-0.1, -0.05) is 60.7 Å². The molecule has 290 valence electrons. The van der Waals surface area contributed by atoms with Crippen molar-refractivity contribution in [2.24, 2.45) is 0 Å². The minimum atomic E-state index is -0.771. The number of hydrogen-bond acceptors (Lipinski definition) is 10. The second-order valence-electron chi connectivity index (χ2n) is 17.0. The maximum atomic E-state index is 9.65. The van der Waals surface area contributed by atoms with E-state index >= 15 is 0 Å². The molecule has 2 aromatic rings. The van der Waals surface area contributed by atoms with E-state index in [9.17, 15) is 10.2 Å². The molecule has 2 N–H and O–H groups in total. The van der Waals surface area contributed by atoms with E-state index in [0.717, 1.165) is 5.56 Å². The molecular formula is C41H66O10. The van der Waals surface area contributed by atoms with Gasteiger partial charge in [-0.2, -0.15) is 0 Å². The topological polar surface area (TPSA) is 114 Å². The van der Waals surface area contributed by atoms with E-state index in [4.69, 9.17) is 37.9 Å². The zero-order valence-electron chi connectivity index (χ0n) is 33.7. The summed E-state index contributed by atoms with van der Waals surface area (Å²) in [6.45, 7) is 28.8. The van der Waals surface area contributed by atoms with Gasteiger partial charge in [0.05, 0.1) is 50.8 Å². The number of benzene rings is 2. The lowest BCUT2D eigenvalue weighted by Crippen LogP contribution is -2.53. The molecule has 3 saturated heterocycles. The smallest absolute Gasteiger partial charge is 0.164 e. The number of aliphatic hydroxyl groups is 2. The van der Waals surface area contributed by atoms with Crippen molar-refractivity contribution in [3.63, 3.8) is 0 Å². The third-order valence-electron chi connectivity index (χ3n) is 10.1. The first-order valence-electron chi connectivity index (χ1n) is 17.9. The van der Waals surface area contributed by atoms with Crippen LogP contribution in [0.4, 0.5) is 0 Å². The molecule has 3 fully saturated rings. The van der Waals surface area contributed by atoms with Crippen LogP contribution in [-0.4, -0.2) is 87.6 Å². The normalized spacial score (nSPS) is 32.4. The van der Waals surface area contributed by atoms with Crippen molar-refractivity contribution in [3.8, 4) is 0 Å². The van der Waals surface area contributed by atoms with Crippen LogP contribution in [-0.2, 0) is 51.1 Å². The second kappa shape index (κ2) is 15.8. The molecule has 0 aliphatic carbocycles. The summed E-state index contributed by atoms with van der Waals surface area (Å²) in [5.41, 5.74) is -1.02. The summed E-state index contributed by atoms with van der Waals surface area (Å²) in [7, 11) is 0. The van der Waals surface area contributed by atoms with E-state index in [1.54, 1.807) is 0 Å². The maximum absolute atomic E-state index is 9.65. The number of aliphatic hydroxyl groups excluding tert-OH is 2. The minimum Gasteiger partial charge on any atom is -0.393 e. The molecular weight excluding hydrogens is 652 g/mol. The summed E-state index contributed by atoms with van der Waals surface area (Å²) in [6, 6.07) is 20.1. The summed E-state index contributed by atoms with van der Waals surface area (Å²) >= 11 is 0. The molecule has 4 atom stereocenters. The first kappa shape index (κ1) is 43.4. The zero-order valence-corrected chi connectivity index (χ0v) is 33.7. The fourth-order valence-corrected chi connectivity index (χ4v) is 6.82. The van der Waals surface area contributed by atoms with Gasteiger partial charge < -0.3 is 48.1 Å². The molecule has 0 aromatic heterocycles. The maximum Gasteiger partial charge on any atom is 0.164 e. The highest BCUT2D eigenvalue weighted by atomic mass is 16.8. The predicted octanol–water partition coefficient (Wildman–Crippen LogP) is 7.32. The molecule has 4 unspecified atom stereocenters. The van der Waals surface area contributed by atoms with Crippen LogP contribution in [0, 0.1) is 0 Å². The highest BCUT2D eigenvalue weighted by Crippen LogP contribution is 2.45. The first-order valence-corrected chi connectivity index (χ1v) is 17.9. The number of hydrogen-bond donors (Lipinski definition) is 2. The fourth-order valence-electron chi connectivity index (χ4n) is 6.82. The summed E-state index contributed by atoms with van der Waals surface area (Å²) in [6.07, 6.45) is 0. The predicted molar refractivity (Wildman–Crippen MR) is 197 cm³/mol. The lowest BCUT2D eigenvalue weighted by Gasteiger charge is -2.35. The van der Waals surface area contributed by atoms with Gasteiger partial charge in [0.2, 0.25) is 0 Å². The van der Waals surface area contributed by atoms with Gasteiger partial charge in [0.1, 0.15) is 22.4 Å². The Morgan fingerprint density at radius 1 is 0.412 bits per heavy atom. The van der Waals surface area contributed by atoms with Gasteiger partial charge in [-0.25, -0.2) is 0 Å². The Morgan fingerprint density at radius 2 is 0.725 bits per heavy atom. The molecule has 0 bridgehead atoms. The van der Waals surface area contributed by atoms with Gasteiger partial charge in [0.25, 0.3) is 0 Å². The number of ether oxygens (including phenoxy) is 8. The molecule has 0 spiro atoms. The van der Waals surface area contributed by atoms with Crippen LogP contribution in [0.2, 0.25) is 0 Å². The van der Waals surface area contributed by atoms with Crippen molar-refractivity contribution in [2.45, 2.75) is 161 Å². The van der Waals surface area contributed by atoms with Gasteiger partial charge in [-0.15, -0.1) is 0 Å². The molecule has 2 aromatic carbocycles. The molecule has 3 heterocycles.